The minimum atomic E-state index is -0.777. The third kappa shape index (κ3) is 2.94. The Bertz CT molecular complexity index is 692. The number of hydrogen-bond acceptors (Lipinski definition) is 4. The molecule has 0 unspecified atom stereocenters. The summed E-state index contributed by atoms with van der Waals surface area (Å²) in [6.45, 7) is 4.91. The zero-order valence-corrected chi connectivity index (χ0v) is 14.0. The highest BCUT2D eigenvalue weighted by molar-refractivity contribution is 6.22. The summed E-state index contributed by atoms with van der Waals surface area (Å²) in [5.74, 6) is -1.49. The van der Waals surface area contributed by atoms with Crippen molar-refractivity contribution in [1.82, 2.24) is 4.90 Å². The number of carbonyl (C=O) groups is 3. The summed E-state index contributed by atoms with van der Waals surface area (Å²) < 4.78 is 0. The standard InChI is InChI=1S/C18H22N2O4/c1-11-3-4-12(2)14(9-11)20-16(21)10-15(17(20)22)19-7-5-13(6-8-19)18(23)24/h3-4,9,13,15H,5-8,10H2,1-2H3,(H,23,24)/t15-/m0/s1. The van der Waals surface area contributed by atoms with Gasteiger partial charge in [0.15, 0.2) is 0 Å². The number of benzene rings is 1. The predicted octanol–water partition coefficient (Wildman–Crippen LogP) is 1.73. The van der Waals surface area contributed by atoms with Crippen molar-refractivity contribution in [3.63, 3.8) is 0 Å². The van der Waals surface area contributed by atoms with Crippen LogP contribution in [-0.4, -0.2) is 46.9 Å². The van der Waals surface area contributed by atoms with Crippen LogP contribution in [0.1, 0.15) is 30.4 Å². The largest absolute Gasteiger partial charge is 0.481 e. The molecule has 0 radical (unpaired) electrons. The number of amides is 2. The molecule has 24 heavy (non-hydrogen) atoms. The van der Waals surface area contributed by atoms with Crippen LogP contribution < -0.4 is 4.90 Å². The second-order valence-corrected chi connectivity index (χ2v) is 6.73. The van der Waals surface area contributed by atoms with Crippen LogP contribution in [0.5, 0.6) is 0 Å². The van der Waals surface area contributed by atoms with E-state index in [1.807, 2.05) is 36.9 Å². The normalized spacial score (nSPS) is 23.1. The van der Waals surface area contributed by atoms with Gasteiger partial charge in [-0.15, -0.1) is 0 Å². The lowest BCUT2D eigenvalue weighted by atomic mass is 9.95. The number of aliphatic carboxylic acids is 1. The minimum Gasteiger partial charge on any atom is -0.481 e. The lowest BCUT2D eigenvalue weighted by Crippen LogP contribution is -2.46. The number of anilines is 1. The first kappa shape index (κ1) is 16.6. The molecule has 6 heteroatoms. The van der Waals surface area contributed by atoms with Gasteiger partial charge in [0, 0.05) is 0 Å². The SMILES string of the molecule is Cc1ccc(C)c(N2C(=O)C[C@H](N3CCC(C(=O)O)CC3)C2=O)c1. The minimum absolute atomic E-state index is 0.171. The molecule has 2 aliphatic rings. The van der Waals surface area contributed by atoms with E-state index < -0.39 is 12.0 Å². The monoisotopic (exact) mass is 330 g/mol. The van der Waals surface area contributed by atoms with Gasteiger partial charge in [0.2, 0.25) is 5.91 Å². The zero-order chi connectivity index (χ0) is 17.4. The first-order valence-corrected chi connectivity index (χ1v) is 8.29. The molecule has 128 valence electrons. The summed E-state index contributed by atoms with van der Waals surface area (Å²) >= 11 is 0. The molecule has 2 amide bonds. The number of carboxylic acid groups (broad SMARTS) is 1. The Morgan fingerprint density at radius 3 is 2.46 bits per heavy atom. The summed E-state index contributed by atoms with van der Waals surface area (Å²) in [6, 6.07) is 5.27. The molecular formula is C18H22N2O4. The number of likely N-dealkylation sites (tertiary alicyclic amines) is 1. The van der Waals surface area contributed by atoms with E-state index in [4.69, 9.17) is 5.11 Å². The Morgan fingerprint density at radius 2 is 1.83 bits per heavy atom. The number of imide groups is 1. The molecule has 2 saturated heterocycles. The summed E-state index contributed by atoms with van der Waals surface area (Å²) in [5.41, 5.74) is 2.56. The number of carboxylic acids is 1. The molecule has 1 atom stereocenters. The van der Waals surface area contributed by atoms with E-state index in [0.29, 0.717) is 31.6 Å². The molecule has 1 aromatic carbocycles. The van der Waals surface area contributed by atoms with E-state index in [1.165, 1.54) is 4.90 Å². The molecule has 0 saturated carbocycles. The maximum Gasteiger partial charge on any atom is 0.306 e. The summed E-state index contributed by atoms with van der Waals surface area (Å²) in [4.78, 5) is 39.6. The highest BCUT2D eigenvalue weighted by Gasteiger charge is 2.44. The maximum atomic E-state index is 12.8. The highest BCUT2D eigenvalue weighted by Crippen LogP contribution is 2.31. The van der Waals surface area contributed by atoms with Crippen molar-refractivity contribution in [2.45, 2.75) is 39.2 Å². The molecule has 0 spiro atoms. The molecule has 0 aromatic heterocycles. The van der Waals surface area contributed by atoms with Gasteiger partial charge in [-0.05, 0) is 57.0 Å². The molecular weight excluding hydrogens is 308 g/mol. The average molecular weight is 330 g/mol. The summed E-state index contributed by atoms with van der Waals surface area (Å²) in [5, 5.41) is 9.08. The fourth-order valence-corrected chi connectivity index (χ4v) is 3.57. The van der Waals surface area contributed by atoms with E-state index in [-0.39, 0.29) is 24.2 Å². The third-order valence-electron chi connectivity index (χ3n) is 5.05. The topological polar surface area (TPSA) is 77.9 Å². The quantitative estimate of drug-likeness (QED) is 0.854. The van der Waals surface area contributed by atoms with Crippen LogP contribution in [0.25, 0.3) is 0 Å². The fraction of sp³-hybridized carbons (Fsp3) is 0.500. The molecule has 2 fully saturated rings. The smallest absolute Gasteiger partial charge is 0.306 e. The fourth-order valence-electron chi connectivity index (χ4n) is 3.57. The van der Waals surface area contributed by atoms with Gasteiger partial charge in [0.25, 0.3) is 5.91 Å². The molecule has 3 rings (SSSR count). The van der Waals surface area contributed by atoms with E-state index >= 15 is 0 Å². The number of piperidine rings is 1. The van der Waals surface area contributed by atoms with Crippen molar-refractivity contribution in [3.05, 3.63) is 29.3 Å². The van der Waals surface area contributed by atoms with Crippen LogP contribution in [-0.2, 0) is 14.4 Å². The van der Waals surface area contributed by atoms with Crippen molar-refractivity contribution in [3.8, 4) is 0 Å². The van der Waals surface area contributed by atoms with E-state index in [9.17, 15) is 14.4 Å². The lowest BCUT2D eigenvalue weighted by molar-refractivity contribution is -0.143. The van der Waals surface area contributed by atoms with Crippen LogP contribution >= 0.6 is 0 Å². The highest BCUT2D eigenvalue weighted by atomic mass is 16.4. The second-order valence-electron chi connectivity index (χ2n) is 6.73. The Balaban J connectivity index is 1.78. The van der Waals surface area contributed by atoms with Gasteiger partial charge >= 0.3 is 5.97 Å². The second kappa shape index (κ2) is 6.36. The predicted molar refractivity (Wildman–Crippen MR) is 88.7 cm³/mol. The van der Waals surface area contributed by atoms with Gasteiger partial charge in [-0.25, -0.2) is 4.90 Å². The van der Waals surface area contributed by atoms with Gasteiger partial charge in [-0.1, -0.05) is 12.1 Å². The number of nitrogens with zero attached hydrogens (tertiary/aromatic N) is 2. The van der Waals surface area contributed by atoms with Crippen molar-refractivity contribution in [2.75, 3.05) is 18.0 Å². The Kier molecular flexibility index (Phi) is 4.41. The molecule has 1 N–H and O–H groups in total. The average Bonchev–Trinajstić information content (AvgIpc) is 2.84. The number of aryl methyl sites for hydroxylation is 2. The van der Waals surface area contributed by atoms with Gasteiger partial charge in [-0.3, -0.25) is 19.3 Å². The maximum absolute atomic E-state index is 12.8. The van der Waals surface area contributed by atoms with Gasteiger partial charge in [-0.2, -0.15) is 0 Å². The van der Waals surface area contributed by atoms with Crippen LogP contribution in [0.4, 0.5) is 5.69 Å². The van der Waals surface area contributed by atoms with Gasteiger partial charge < -0.3 is 5.11 Å². The Hall–Kier alpha value is -2.21. The van der Waals surface area contributed by atoms with Crippen molar-refractivity contribution in [1.29, 1.82) is 0 Å². The van der Waals surface area contributed by atoms with Crippen LogP contribution in [0.3, 0.4) is 0 Å². The number of rotatable bonds is 3. The number of carbonyl (C=O) groups excluding carboxylic acids is 2. The molecule has 2 heterocycles. The van der Waals surface area contributed by atoms with E-state index in [2.05, 4.69) is 0 Å². The van der Waals surface area contributed by atoms with Gasteiger partial charge in [0.1, 0.15) is 0 Å². The molecule has 0 aliphatic carbocycles. The van der Waals surface area contributed by atoms with Crippen LogP contribution in [0.2, 0.25) is 0 Å². The summed E-state index contributed by atoms with van der Waals surface area (Å²) in [7, 11) is 0. The van der Waals surface area contributed by atoms with E-state index in [1.54, 1.807) is 0 Å². The third-order valence-corrected chi connectivity index (χ3v) is 5.05. The first-order valence-electron chi connectivity index (χ1n) is 8.29. The van der Waals surface area contributed by atoms with Crippen molar-refractivity contribution < 1.29 is 19.5 Å². The Labute approximate surface area is 141 Å². The van der Waals surface area contributed by atoms with Crippen molar-refractivity contribution >= 4 is 23.5 Å². The zero-order valence-electron chi connectivity index (χ0n) is 14.0. The first-order chi connectivity index (χ1) is 11.4. The van der Waals surface area contributed by atoms with Gasteiger partial charge in [0.05, 0.1) is 24.1 Å². The lowest BCUT2D eigenvalue weighted by Gasteiger charge is -2.33. The summed E-state index contributed by atoms with van der Waals surface area (Å²) in [6.07, 6.45) is 1.22. The number of hydrogen-bond donors (Lipinski definition) is 1. The van der Waals surface area contributed by atoms with E-state index in [0.717, 1.165) is 11.1 Å². The molecule has 0 bridgehead atoms. The molecule has 1 aromatic rings. The van der Waals surface area contributed by atoms with Crippen LogP contribution in [0, 0.1) is 19.8 Å². The molecule has 2 aliphatic heterocycles. The van der Waals surface area contributed by atoms with Crippen molar-refractivity contribution in [2.24, 2.45) is 5.92 Å². The Morgan fingerprint density at radius 1 is 1.17 bits per heavy atom. The molecule has 6 nitrogen and oxygen atoms in total. The van der Waals surface area contributed by atoms with Crippen LogP contribution in [0.15, 0.2) is 18.2 Å².